The third kappa shape index (κ3) is 4.49. The van der Waals surface area contributed by atoms with Gasteiger partial charge in [-0.1, -0.05) is 56.2 Å². The van der Waals surface area contributed by atoms with Crippen LogP contribution in [0.3, 0.4) is 0 Å². The first-order valence-corrected chi connectivity index (χ1v) is 8.24. The Morgan fingerprint density at radius 3 is 2.55 bits per heavy atom. The number of hydrogen-bond donors (Lipinski definition) is 0. The molecule has 0 N–H and O–H groups in total. The van der Waals surface area contributed by atoms with Gasteiger partial charge in [0.05, 0.1) is 6.61 Å². The van der Waals surface area contributed by atoms with Gasteiger partial charge < -0.3 is 4.74 Å². The van der Waals surface area contributed by atoms with Gasteiger partial charge in [-0.05, 0) is 37.5 Å². The van der Waals surface area contributed by atoms with Crippen LogP contribution in [0.1, 0.15) is 51.5 Å². The third-order valence-corrected chi connectivity index (χ3v) is 3.84. The van der Waals surface area contributed by atoms with Crippen LogP contribution in [-0.4, -0.2) is 12.6 Å². The Balaban J connectivity index is 2.01. The van der Waals surface area contributed by atoms with Crippen LogP contribution in [0.4, 0.5) is 0 Å². The molecule has 0 aromatic heterocycles. The van der Waals surface area contributed by atoms with Crippen molar-refractivity contribution >= 4 is 5.97 Å². The average molecular weight is 296 g/mol. The fraction of sp³-hybridized carbons (Fsp3) is 0.450. The highest BCUT2D eigenvalue weighted by Crippen LogP contribution is 2.43. The van der Waals surface area contributed by atoms with Crippen molar-refractivity contribution in [3.63, 3.8) is 0 Å². The third-order valence-electron chi connectivity index (χ3n) is 3.84. The Morgan fingerprint density at radius 1 is 1.09 bits per heavy atom. The molecule has 0 bridgehead atoms. The van der Waals surface area contributed by atoms with Gasteiger partial charge in [0.25, 0.3) is 0 Å². The number of carbonyl (C=O) groups excluding carboxylic acids is 1. The number of benzene rings is 1. The highest BCUT2D eigenvalue weighted by atomic mass is 16.5. The van der Waals surface area contributed by atoms with Crippen LogP contribution in [0.2, 0.25) is 0 Å². The molecular formula is C20H24O2. The summed E-state index contributed by atoms with van der Waals surface area (Å²) in [5.74, 6) is 6.03. The van der Waals surface area contributed by atoms with Crippen LogP contribution in [0.15, 0.2) is 41.5 Å². The van der Waals surface area contributed by atoms with Crippen LogP contribution in [0.25, 0.3) is 0 Å². The van der Waals surface area contributed by atoms with Crippen molar-refractivity contribution < 1.29 is 9.53 Å². The van der Waals surface area contributed by atoms with Gasteiger partial charge in [-0.2, -0.15) is 0 Å². The first-order chi connectivity index (χ1) is 10.8. The number of hydrogen-bond acceptors (Lipinski definition) is 2. The fourth-order valence-corrected chi connectivity index (χ4v) is 2.59. The summed E-state index contributed by atoms with van der Waals surface area (Å²) in [5, 5.41) is 0. The van der Waals surface area contributed by atoms with Crippen molar-refractivity contribution in [2.75, 3.05) is 6.61 Å². The molecule has 0 saturated carbocycles. The maximum absolute atomic E-state index is 12.0. The average Bonchev–Trinajstić information content (AvgIpc) is 3.24. The smallest absolute Gasteiger partial charge is 0.318 e. The molecule has 1 unspecified atom stereocenters. The number of unbranched alkanes of at least 4 members (excludes halogenated alkanes) is 3. The van der Waals surface area contributed by atoms with E-state index < -0.39 is 0 Å². The lowest BCUT2D eigenvalue weighted by atomic mass is 10.1. The van der Waals surface area contributed by atoms with E-state index in [1.807, 2.05) is 37.3 Å². The van der Waals surface area contributed by atoms with E-state index in [0.717, 1.165) is 24.0 Å². The minimum Gasteiger partial charge on any atom is -0.465 e. The first kappa shape index (κ1) is 16.4. The molecule has 116 valence electrons. The van der Waals surface area contributed by atoms with Gasteiger partial charge in [0, 0.05) is 11.1 Å². The van der Waals surface area contributed by atoms with E-state index in [9.17, 15) is 4.79 Å². The molecule has 1 aliphatic rings. The Labute approximate surface area is 133 Å². The van der Waals surface area contributed by atoms with Crippen molar-refractivity contribution in [3.05, 3.63) is 47.0 Å². The second-order valence-electron chi connectivity index (χ2n) is 5.55. The molecule has 0 amide bonds. The van der Waals surface area contributed by atoms with Gasteiger partial charge >= 0.3 is 5.97 Å². The predicted octanol–water partition coefficient (Wildman–Crippen LogP) is 4.50. The molecule has 0 aliphatic heterocycles. The standard InChI is InChI=1S/C20H24O2/c1-3-5-6-10-13-17-18(19(17)20(21)22-4-2)15-14-16-11-8-7-9-12-16/h7-9,11-12,19H,3-6,10,13H2,1-2H3. The van der Waals surface area contributed by atoms with Gasteiger partial charge in [0.1, 0.15) is 5.92 Å². The number of rotatable bonds is 7. The second-order valence-corrected chi connectivity index (χ2v) is 5.55. The normalized spacial score (nSPS) is 16.0. The molecule has 1 aliphatic carbocycles. The van der Waals surface area contributed by atoms with E-state index in [2.05, 4.69) is 18.8 Å². The van der Waals surface area contributed by atoms with Gasteiger partial charge in [-0.3, -0.25) is 4.79 Å². The van der Waals surface area contributed by atoms with Crippen molar-refractivity contribution in [3.8, 4) is 11.8 Å². The molecule has 0 radical (unpaired) electrons. The Morgan fingerprint density at radius 2 is 1.86 bits per heavy atom. The molecule has 0 saturated heterocycles. The highest BCUT2D eigenvalue weighted by Gasteiger charge is 2.42. The molecule has 2 heteroatoms. The zero-order valence-corrected chi connectivity index (χ0v) is 13.5. The SMILES string of the molecule is CCCCCCC1=C(C#Cc2ccccc2)C1C(=O)OCC. The quantitative estimate of drug-likeness (QED) is 0.421. The van der Waals surface area contributed by atoms with Crippen molar-refractivity contribution in [2.45, 2.75) is 46.0 Å². The van der Waals surface area contributed by atoms with Crippen LogP contribution in [0, 0.1) is 17.8 Å². The summed E-state index contributed by atoms with van der Waals surface area (Å²) in [7, 11) is 0. The van der Waals surface area contributed by atoms with Crippen molar-refractivity contribution in [1.29, 1.82) is 0 Å². The summed E-state index contributed by atoms with van der Waals surface area (Å²) in [4.78, 5) is 12.0. The monoisotopic (exact) mass is 296 g/mol. The number of carbonyl (C=O) groups is 1. The van der Waals surface area contributed by atoms with Gasteiger partial charge in [0.2, 0.25) is 0 Å². The number of esters is 1. The first-order valence-electron chi connectivity index (χ1n) is 8.24. The minimum absolute atomic E-state index is 0.134. The number of ether oxygens (including phenoxy) is 1. The second kappa shape index (κ2) is 8.44. The van der Waals surface area contributed by atoms with Crippen LogP contribution in [0.5, 0.6) is 0 Å². The maximum Gasteiger partial charge on any atom is 0.318 e. The maximum atomic E-state index is 12.0. The summed E-state index contributed by atoms with van der Waals surface area (Å²) in [6.45, 7) is 4.48. The molecular weight excluding hydrogens is 272 g/mol. The van der Waals surface area contributed by atoms with Crippen LogP contribution >= 0.6 is 0 Å². The lowest BCUT2D eigenvalue weighted by Gasteiger charge is -2.01. The molecule has 2 rings (SSSR count). The fourth-order valence-electron chi connectivity index (χ4n) is 2.59. The minimum atomic E-state index is -0.169. The molecule has 0 fully saturated rings. The molecule has 0 spiro atoms. The van der Waals surface area contributed by atoms with E-state index in [1.165, 1.54) is 24.8 Å². The lowest BCUT2D eigenvalue weighted by Crippen LogP contribution is -2.09. The Hall–Kier alpha value is -2.01. The van der Waals surface area contributed by atoms with E-state index in [4.69, 9.17) is 4.74 Å². The van der Waals surface area contributed by atoms with E-state index in [-0.39, 0.29) is 11.9 Å². The van der Waals surface area contributed by atoms with E-state index in [0.29, 0.717) is 6.61 Å². The zero-order valence-electron chi connectivity index (χ0n) is 13.5. The predicted molar refractivity (Wildman–Crippen MR) is 89.2 cm³/mol. The molecule has 1 aromatic rings. The summed E-state index contributed by atoms with van der Waals surface area (Å²) < 4.78 is 5.16. The largest absolute Gasteiger partial charge is 0.465 e. The highest BCUT2D eigenvalue weighted by molar-refractivity contribution is 5.88. The summed E-state index contributed by atoms with van der Waals surface area (Å²) in [5.41, 5.74) is 3.16. The van der Waals surface area contributed by atoms with E-state index in [1.54, 1.807) is 0 Å². The lowest BCUT2D eigenvalue weighted by molar-refractivity contribution is -0.144. The van der Waals surface area contributed by atoms with Crippen LogP contribution in [-0.2, 0) is 9.53 Å². The van der Waals surface area contributed by atoms with E-state index >= 15 is 0 Å². The summed E-state index contributed by atoms with van der Waals surface area (Å²) in [6.07, 6.45) is 5.80. The molecule has 1 atom stereocenters. The molecule has 1 aromatic carbocycles. The Kier molecular flexibility index (Phi) is 6.27. The topological polar surface area (TPSA) is 26.3 Å². The van der Waals surface area contributed by atoms with Crippen LogP contribution < -0.4 is 0 Å². The Bertz CT molecular complexity index is 587. The van der Waals surface area contributed by atoms with Gasteiger partial charge in [-0.25, -0.2) is 0 Å². The molecule has 0 heterocycles. The summed E-state index contributed by atoms with van der Waals surface area (Å²) >= 11 is 0. The van der Waals surface area contributed by atoms with Gasteiger partial charge in [-0.15, -0.1) is 0 Å². The van der Waals surface area contributed by atoms with Crippen molar-refractivity contribution in [2.24, 2.45) is 5.92 Å². The summed E-state index contributed by atoms with van der Waals surface area (Å²) in [6, 6.07) is 9.88. The van der Waals surface area contributed by atoms with Gasteiger partial charge in [0.15, 0.2) is 0 Å². The molecule has 2 nitrogen and oxygen atoms in total. The van der Waals surface area contributed by atoms with Crippen molar-refractivity contribution in [1.82, 2.24) is 0 Å². The zero-order chi connectivity index (χ0) is 15.8. The molecule has 22 heavy (non-hydrogen) atoms.